The van der Waals surface area contributed by atoms with Crippen molar-refractivity contribution in [3.8, 4) is 11.3 Å². The molecule has 0 unspecified atom stereocenters. The number of hydrogen-bond acceptors (Lipinski definition) is 2. The number of aromatic nitrogens is 3. The molecule has 3 nitrogen and oxygen atoms in total. The second-order valence-corrected chi connectivity index (χ2v) is 3.89. The molecular formula is C11H11BrFN3. The van der Waals surface area contributed by atoms with Crippen molar-refractivity contribution in [3.05, 3.63) is 36.3 Å². The highest BCUT2D eigenvalue weighted by Gasteiger charge is 2.09. The second-order valence-electron chi connectivity index (χ2n) is 3.33. The van der Waals surface area contributed by atoms with E-state index in [1.807, 2.05) is 18.3 Å². The van der Waals surface area contributed by atoms with Crippen molar-refractivity contribution in [1.29, 1.82) is 0 Å². The van der Waals surface area contributed by atoms with Crippen LogP contribution in [0.15, 0.2) is 30.7 Å². The van der Waals surface area contributed by atoms with Crippen LogP contribution in [0, 0.1) is 0 Å². The first-order valence-corrected chi connectivity index (χ1v) is 6.06. The minimum absolute atomic E-state index is 0.292. The summed E-state index contributed by atoms with van der Waals surface area (Å²) in [5, 5.41) is 5.05. The zero-order valence-corrected chi connectivity index (χ0v) is 10.2. The first kappa shape index (κ1) is 11.3. The molecule has 0 bridgehead atoms. The molecule has 2 aromatic heterocycles. The molecule has 0 aromatic carbocycles. The molecule has 2 aromatic rings. The molecule has 0 atom stereocenters. The largest absolute Gasteiger partial charge is 0.269 e. The molecule has 0 aliphatic carbocycles. The third kappa shape index (κ3) is 2.29. The quantitative estimate of drug-likeness (QED) is 0.808. The Kier molecular flexibility index (Phi) is 3.66. The fraction of sp³-hybridized carbons (Fsp3) is 0.273. The van der Waals surface area contributed by atoms with Crippen LogP contribution < -0.4 is 0 Å². The lowest BCUT2D eigenvalue weighted by Gasteiger charge is -1.97. The normalized spacial score (nSPS) is 10.6. The summed E-state index contributed by atoms with van der Waals surface area (Å²) in [5.74, 6) is 0. The van der Waals surface area contributed by atoms with Crippen molar-refractivity contribution in [2.45, 2.75) is 11.9 Å². The molecule has 0 saturated carbocycles. The number of aryl methyl sites for hydroxylation is 1. The zero-order chi connectivity index (χ0) is 11.4. The Morgan fingerprint density at radius 2 is 2.31 bits per heavy atom. The highest BCUT2D eigenvalue weighted by Crippen LogP contribution is 2.22. The van der Waals surface area contributed by atoms with Crippen LogP contribution in [-0.4, -0.2) is 21.4 Å². The van der Waals surface area contributed by atoms with E-state index in [0.717, 1.165) is 16.8 Å². The molecule has 16 heavy (non-hydrogen) atoms. The van der Waals surface area contributed by atoms with Gasteiger partial charge in [0.15, 0.2) is 0 Å². The van der Waals surface area contributed by atoms with Crippen LogP contribution in [0.2, 0.25) is 0 Å². The highest BCUT2D eigenvalue weighted by atomic mass is 79.9. The maximum atomic E-state index is 12.2. The fourth-order valence-electron chi connectivity index (χ4n) is 1.51. The summed E-state index contributed by atoms with van der Waals surface area (Å²) in [6.07, 6.45) is 5.33. The molecule has 2 rings (SSSR count). The fourth-order valence-corrected chi connectivity index (χ4v) is 1.92. The van der Waals surface area contributed by atoms with Gasteiger partial charge in [-0.2, -0.15) is 5.10 Å². The maximum absolute atomic E-state index is 12.2. The predicted octanol–water partition coefficient (Wildman–Crippen LogP) is 2.81. The van der Waals surface area contributed by atoms with Gasteiger partial charge in [-0.25, -0.2) is 4.39 Å². The number of rotatable bonds is 4. The Hall–Kier alpha value is -1.23. The average molecular weight is 284 g/mol. The van der Waals surface area contributed by atoms with Gasteiger partial charge < -0.3 is 0 Å². The lowest BCUT2D eigenvalue weighted by atomic mass is 10.1. The van der Waals surface area contributed by atoms with Gasteiger partial charge in [-0.15, -0.1) is 0 Å². The van der Waals surface area contributed by atoms with E-state index in [9.17, 15) is 4.39 Å². The molecule has 0 aliphatic heterocycles. The number of nitrogens with zero attached hydrogens (tertiary/aromatic N) is 3. The maximum Gasteiger partial charge on any atom is 0.109 e. The van der Waals surface area contributed by atoms with Crippen molar-refractivity contribution >= 4 is 15.9 Å². The van der Waals surface area contributed by atoms with E-state index >= 15 is 0 Å². The first-order valence-electron chi connectivity index (χ1n) is 4.94. The lowest BCUT2D eigenvalue weighted by molar-refractivity contribution is 0.427. The van der Waals surface area contributed by atoms with E-state index in [4.69, 9.17) is 0 Å². The summed E-state index contributed by atoms with van der Waals surface area (Å²) >= 11 is 3.40. The molecule has 0 aliphatic rings. The molecule has 5 heteroatoms. The third-order valence-corrected chi connectivity index (χ3v) is 2.83. The second kappa shape index (κ2) is 5.21. The van der Waals surface area contributed by atoms with Crippen LogP contribution >= 0.6 is 15.9 Å². The van der Waals surface area contributed by atoms with E-state index in [2.05, 4.69) is 26.0 Å². The number of pyridine rings is 1. The lowest BCUT2D eigenvalue weighted by Crippen LogP contribution is -1.99. The predicted molar refractivity (Wildman–Crippen MR) is 64.1 cm³/mol. The molecule has 0 spiro atoms. The van der Waals surface area contributed by atoms with Gasteiger partial charge in [-0.1, -0.05) is 15.9 Å². The standard InChI is InChI=1S/C11H11BrFN3/c12-6-10-8-16(5-3-13)15-11(10)9-2-1-4-14-7-9/h1-2,4,7-8H,3,5-6H2. The Morgan fingerprint density at radius 1 is 1.44 bits per heavy atom. The van der Waals surface area contributed by atoms with Gasteiger partial charge in [0, 0.05) is 35.0 Å². The molecule has 0 saturated heterocycles. The Balaban J connectivity index is 2.39. The Morgan fingerprint density at radius 3 is 2.94 bits per heavy atom. The van der Waals surface area contributed by atoms with Crippen LogP contribution in [0.4, 0.5) is 4.39 Å². The van der Waals surface area contributed by atoms with Gasteiger partial charge in [-0.3, -0.25) is 9.67 Å². The minimum Gasteiger partial charge on any atom is -0.269 e. The van der Waals surface area contributed by atoms with E-state index in [1.165, 1.54) is 0 Å². The smallest absolute Gasteiger partial charge is 0.109 e. The van der Waals surface area contributed by atoms with E-state index in [1.54, 1.807) is 17.1 Å². The molecule has 0 N–H and O–H groups in total. The van der Waals surface area contributed by atoms with E-state index in [0.29, 0.717) is 11.9 Å². The van der Waals surface area contributed by atoms with Crippen LogP contribution in [0.1, 0.15) is 5.56 Å². The summed E-state index contributed by atoms with van der Waals surface area (Å²) in [5.41, 5.74) is 2.86. The minimum atomic E-state index is -0.407. The summed E-state index contributed by atoms with van der Waals surface area (Å²) in [4.78, 5) is 4.05. The van der Waals surface area contributed by atoms with Crippen LogP contribution in [0.25, 0.3) is 11.3 Å². The SMILES string of the molecule is FCCn1cc(CBr)c(-c2cccnc2)n1. The van der Waals surface area contributed by atoms with Gasteiger partial charge in [0.1, 0.15) is 6.67 Å². The van der Waals surface area contributed by atoms with Gasteiger partial charge in [0.05, 0.1) is 12.2 Å². The van der Waals surface area contributed by atoms with Gasteiger partial charge >= 0.3 is 0 Å². The molecule has 0 fully saturated rings. The zero-order valence-electron chi connectivity index (χ0n) is 8.61. The van der Waals surface area contributed by atoms with Crippen LogP contribution in [0.3, 0.4) is 0 Å². The van der Waals surface area contributed by atoms with Crippen molar-refractivity contribution < 1.29 is 4.39 Å². The third-order valence-electron chi connectivity index (χ3n) is 2.23. The van der Waals surface area contributed by atoms with Gasteiger partial charge in [-0.05, 0) is 12.1 Å². The average Bonchev–Trinajstić information content (AvgIpc) is 2.74. The van der Waals surface area contributed by atoms with E-state index in [-0.39, 0.29) is 0 Å². The van der Waals surface area contributed by atoms with Crippen molar-refractivity contribution in [2.24, 2.45) is 0 Å². The Bertz CT molecular complexity index is 456. The highest BCUT2D eigenvalue weighted by molar-refractivity contribution is 9.08. The summed E-state index contributed by atoms with van der Waals surface area (Å²) in [6.45, 7) is -0.115. The molecular weight excluding hydrogens is 273 g/mol. The van der Waals surface area contributed by atoms with Crippen molar-refractivity contribution in [2.75, 3.05) is 6.67 Å². The van der Waals surface area contributed by atoms with Crippen LogP contribution in [0.5, 0.6) is 0 Å². The summed E-state index contributed by atoms with van der Waals surface area (Å²) < 4.78 is 13.9. The molecule has 84 valence electrons. The number of hydrogen-bond donors (Lipinski definition) is 0. The summed E-state index contributed by atoms with van der Waals surface area (Å²) in [7, 11) is 0. The number of alkyl halides is 2. The molecule has 0 radical (unpaired) electrons. The topological polar surface area (TPSA) is 30.7 Å². The monoisotopic (exact) mass is 283 g/mol. The Labute approximate surface area is 101 Å². The van der Waals surface area contributed by atoms with Gasteiger partial charge in [0.25, 0.3) is 0 Å². The number of halogens is 2. The van der Waals surface area contributed by atoms with Gasteiger partial charge in [0.2, 0.25) is 0 Å². The first-order chi connectivity index (χ1) is 7.85. The summed E-state index contributed by atoms with van der Waals surface area (Å²) in [6, 6.07) is 3.81. The van der Waals surface area contributed by atoms with E-state index < -0.39 is 6.67 Å². The molecule has 0 amide bonds. The van der Waals surface area contributed by atoms with Crippen molar-refractivity contribution in [3.63, 3.8) is 0 Å². The van der Waals surface area contributed by atoms with Crippen molar-refractivity contribution in [1.82, 2.24) is 14.8 Å². The van der Waals surface area contributed by atoms with Crippen LogP contribution in [-0.2, 0) is 11.9 Å². The molecule has 2 heterocycles.